The second kappa shape index (κ2) is 8.52. The molecule has 3 rings (SSSR count). The van der Waals surface area contributed by atoms with Crippen LogP contribution in [0.15, 0.2) is 49.8 Å². The highest BCUT2D eigenvalue weighted by atomic mass is 79.9. The first-order valence-electron chi connectivity index (χ1n) is 7.59. The van der Waals surface area contributed by atoms with E-state index in [1.165, 1.54) is 17.6 Å². The maximum atomic E-state index is 12.3. The van der Waals surface area contributed by atoms with Crippen molar-refractivity contribution in [3.63, 3.8) is 0 Å². The Labute approximate surface area is 181 Å². The van der Waals surface area contributed by atoms with Crippen LogP contribution in [0.1, 0.15) is 21.6 Å². The Bertz CT molecular complexity index is 1030. The van der Waals surface area contributed by atoms with Gasteiger partial charge in [0.1, 0.15) is 16.5 Å². The average molecular weight is 530 g/mol. The Kier molecular flexibility index (Phi) is 6.31. The Morgan fingerprint density at radius 1 is 1.33 bits per heavy atom. The molecule has 0 bridgehead atoms. The molecule has 0 aliphatic rings. The molecule has 27 heavy (non-hydrogen) atoms. The van der Waals surface area contributed by atoms with Gasteiger partial charge in [0.05, 0.1) is 15.2 Å². The second-order valence-corrected chi connectivity index (χ2v) is 8.46. The Morgan fingerprint density at radius 3 is 2.74 bits per heavy atom. The van der Waals surface area contributed by atoms with Crippen molar-refractivity contribution in [2.75, 3.05) is 0 Å². The lowest BCUT2D eigenvalue weighted by Crippen LogP contribution is -2.17. The van der Waals surface area contributed by atoms with Crippen LogP contribution in [0.2, 0.25) is 5.02 Å². The Hall–Kier alpha value is -1.74. The number of rotatable bonds is 4. The van der Waals surface area contributed by atoms with E-state index in [1.807, 2.05) is 25.1 Å². The third-order valence-corrected chi connectivity index (χ3v) is 6.15. The van der Waals surface area contributed by atoms with Crippen molar-refractivity contribution in [3.05, 3.63) is 66.5 Å². The number of aromatic hydroxyl groups is 1. The van der Waals surface area contributed by atoms with Crippen LogP contribution in [0.3, 0.4) is 0 Å². The molecule has 0 spiro atoms. The van der Waals surface area contributed by atoms with Gasteiger partial charge in [0, 0.05) is 16.0 Å². The first-order valence-corrected chi connectivity index (χ1v) is 10.4. The molecule has 9 heteroatoms. The molecule has 5 nitrogen and oxygen atoms in total. The Morgan fingerprint density at radius 2 is 2.04 bits per heavy atom. The third kappa shape index (κ3) is 4.57. The quantitative estimate of drug-likeness (QED) is 0.333. The molecule has 0 fully saturated rings. The topological polar surface area (TPSA) is 74.6 Å². The van der Waals surface area contributed by atoms with Crippen LogP contribution in [-0.4, -0.2) is 22.2 Å². The van der Waals surface area contributed by atoms with Crippen LogP contribution >= 0.6 is 54.8 Å². The summed E-state index contributed by atoms with van der Waals surface area (Å²) in [7, 11) is 0. The van der Waals surface area contributed by atoms with Crippen molar-refractivity contribution >= 4 is 66.9 Å². The van der Waals surface area contributed by atoms with E-state index in [4.69, 9.17) is 11.6 Å². The van der Waals surface area contributed by atoms with Gasteiger partial charge in [0.15, 0.2) is 0 Å². The summed E-state index contributed by atoms with van der Waals surface area (Å²) in [5, 5.41) is 16.7. The lowest BCUT2D eigenvalue weighted by molar-refractivity contribution is 0.0951. The van der Waals surface area contributed by atoms with E-state index in [2.05, 4.69) is 47.4 Å². The number of phenolic OH excluding ortho intramolecular Hbond substituents is 1. The van der Waals surface area contributed by atoms with Crippen molar-refractivity contribution < 1.29 is 9.90 Å². The highest BCUT2D eigenvalue weighted by molar-refractivity contribution is 9.11. The number of amides is 1. The van der Waals surface area contributed by atoms with Crippen LogP contribution < -0.4 is 5.43 Å². The second-order valence-electron chi connectivity index (χ2n) is 5.48. The molecular formula is C18H12Br2ClN3O2S. The van der Waals surface area contributed by atoms with Gasteiger partial charge in [-0.3, -0.25) is 4.79 Å². The van der Waals surface area contributed by atoms with Gasteiger partial charge in [0.25, 0.3) is 5.91 Å². The van der Waals surface area contributed by atoms with Gasteiger partial charge in [-0.05, 0) is 68.1 Å². The SMILES string of the molecule is Cc1c(Cl)cccc1-c1nc(C(=O)N/N=C/c2cc(Br)c(O)c(Br)c2)cs1. The summed E-state index contributed by atoms with van der Waals surface area (Å²) in [6.45, 7) is 1.91. The highest BCUT2D eigenvalue weighted by Crippen LogP contribution is 2.33. The lowest BCUT2D eigenvalue weighted by atomic mass is 10.1. The number of nitrogens with one attached hydrogen (secondary N) is 1. The molecule has 0 unspecified atom stereocenters. The van der Waals surface area contributed by atoms with Crippen LogP contribution in [-0.2, 0) is 0 Å². The molecule has 0 radical (unpaired) electrons. The van der Waals surface area contributed by atoms with Crippen molar-refractivity contribution in [2.45, 2.75) is 6.92 Å². The number of aromatic nitrogens is 1. The fraction of sp³-hybridized carbons (Fsp3) is 0.0556. The van der Waals surface area contributed by atoms with E-state index >= 15 is 0 Å². The zero-order valence-electron chi connectivity index (χ0n) is 13.8. The molecule has 0 aliphatic heterocycles. The summed E-state index contributed by atoms with van der Waals surface area (Å²) in [5.74, 6) is -0.312. The van der Waals surface area contributed by atoms with Crippen LogP contribution in [0.25, 0.3) is 10.6 Å². The normalized spacial score (nSPS) is 11.1. The van der Waals surface area contributed by atoms with Gasteiger partial charge >= 0.3 is 0 Å². The summed E-state index contributed by atoms with van der Waals surface area (Å²) < 4.78 is 1.04. The number of halogens is 3. The summed E-state index contributed by atoms with van der Waals surface area (Å²) in [6.07, 6.45) is 1.47. The molecule has 0 saturated heterocycles. The van der Waals surface area contributed by atoms with Crippen LogP contribution in [0.4, 0.5) is 0 Å². The molecule has 0 atom stereocenters. The maximum absolute atomic E-state index is 12.3. The number of benzene rings is 2. The fourth-order valence-electron chi connectivity index (χ4n) is 2.22. The number of hydrazone groups is 1. The van der Waals surface area contributed by atoms with Gasteiger partial charge in [0.2, 0.25) is 0 Å². The number of hydrogen-bond acceptors (Lipinski definition) is 5. The van der Waals surface area contributed by atoms with Crippen LogP contribution in [0, 0.1) is 6.92 Å². The van der Waals surface area contributed by atoms with E-state index in [9.17, 15) is 9.90 Å². The predicted molar refractivity (Wildman–Crippen MR) is 116 cm³/mol. The smallest absolute Gasteiger partial charge is 0.290 e. The zero-order valence-corrected chi connectivity index (χ0v) is 18.6. The van der Waals surface area contributed by atoms with Gasteiger partial charge in [-0.15, -0.1) is 11.3 Å². The zero-order chi connectivity index (χ0) is 19.6. The number of thiazole rings is 1. The minimum absolute atomic E-state index is 0.0995. The first kappa shape index (κ1) is 20.0. The van der Waals surface area contributed by atoms with E-state index < -0.39 is 5.91 Å². The van der Waals surface area contributed by atoms with E-state index in [1.54, 1.807) is 17.5 Å². The molecule has 0 saturated carbocycles. The van der Waals surface area contributed by atoms with Crippen LogP contribution in [0.5, 0.6) is 5.75 Å². The molecular weight excluding hydrogens is 518 g/mol. The standard InChI is InChI=1S/C18H12Br2ClN3O2S/c1-9-11(3-2-4-14(9)21)18-23-15(8-27-18)17(26)24-22-7-10-5-12(19)16(25)13(20)6-10/h2-8,25H,1H3,(H,24,26)/b22-7+. The minimum atomic E-state index is -0.412. The summed E-state index contributed by atoms with van der Waals surface area (Å²) in [6, 6.07) is 8.94. The van der Waals surface area contributed by atoms with Crippen molar-refractivity contribution in [1.82, 2.24) is 10.4 Å². The molecule has 1 amide bonds. The maximum Gasteiger partial charge on any atom is 0.290 e. The Balaban J connectivity index is 1.72. The average Bonchev–Trinajstić information content (AvgIpc) is 3.12. The fourth-order valence-corrected chi connectivity index (χ4v) is 4.50. The molecule has 1 aromatic heterocycles. The summed E-state index contributed by atoms with van der Waals surface area (Å²) in [4.78, 5) is 16.6. The molecule has 0 aliphatic carbocycles. The van der Waals surface area contributed by atoms with E-state index in [-0.39, 0.29) is 11.4 Å². The van der Waals surface area contributed by atoms with Crippen molar-refractivity contribution in [3.8, 4) is 16.3 Å². The van der Waals surface area contributed by atoms with Gasteiger partial charge in [-0.25, -0.2) is 10.4 Å². The van der Waals surface area contributed by atoms with Gasteiger partial charge < -0.3 is 5.11 Å². The van der Waals surface area contributed by atoms with Gasteiger partial charge in [-0.2, -0.15) is 5.10 Å². The number of phenols is 1. The van der Waals surface area contributed by atoms with E-state index in [0.29, 0.717) is 19.5 Å². The summed E-state index contributed by atoms with van der Waals surface area (Å²) in [5.41, 5.74) is 5.24. The largest absolute Gasteiger partial charge is 0.506 e. The molecule has 1 heterocycles. The first-order chi connectivity index (χ1) is 12.9. The lowest BCUT2D eigenvalue weighted by Gasteiger charge is -2.03. The number of nitrogens with zero attached hydrogens (tertiary/aromatic N) is 2. The molecule has 3 aromatic rings. The van der Waals surface area contributed by atoms with Crippen molar-refractivity contribution in [2.24, 2.45) is 5.10 Å². The summed E-state index contributed by atoms with van der Waals surface area (Å²) >= 11 is 14.0. The highest BCUT2D eigenvalue weighted by Gasteiger charge is 2.13. The van der Waals surface area contributed by atoms with E-state index in [0.717, 1.165) is 16.1 Å². The molecule has 2 N–H and O–H groups in total. The molecule has 2 aromatic carbocycles. The number of hydrogen-bond donors (Lipinski definition) is 2. The monoisotopic (exact) mass is 527 g/mol. The third-order valence-electron chi connectivity index (χ3n) is 3.65. The van der Waals surface area contributed by atoms with Gasteiger partial charge in [-0.1, -0.05) is 23.7 Å². The number of carbonyl (C=O) groups is 1. The van der Waals surface area contributed by atoms with Crippen molar-refractivity contribution in [1.29, 1.82) is 0 Å². The molecule has 138 valence electrons. The number of carbonyl (C=O) groups excluding carboxylic acids is 1. The predicted octanol–water partition coefficient (Wildman–Crippen LogP) is 5.77. The minimum Gasteiger partial charge on any atom is -0.506 e.